The van der Waals surface area contributed by atoms with Gasteiger partial charge in [0.05, 0.1) is 5.69 Å². The van der Waals surface area contributed by atoms with Crippen LogP contribution in [0.5, 0.6) is 0 Å². The molecule has 1 aromatic rings. The van der Waals surface area contributed by atoms with Gasteiger partial charge in [0, 0.05) is 4.47 Å². The van der Waals surface area contributed by atoms with Crippen LogP contribution in [0.1, 0.15) is 20.3 Å². The Hall–Kier alpha value is -1.43. The second-order valence-electron chi connectivity index (χ2n) is 4.72. The SMILES string of the molecule is CCC1(C)NC(=O)CN(c2cc(Br)ccc2F)C1=O. The molecule has 19 heavy (non-hydrogen) atoms. The highest BCUT2D eigenvalue weighted by Gasteiger charge is 2.42. The van der Waals surface area contributed by atoms with Crippen molar-refractivity contribution in [2.75, 3.05) is 11.4 Å². The first-order valence-electron chi connectivity index (χ1n) is 5.95. The average molecular weight is 329 g/mol. The Morgan fingerprint density at radius 2 is 2.16 bits per heavy atom. The van der Waals surface area contributed by atoms with Gasteiger partial charge in [0.1, 0.15) is 17.9 Å². The van der Waals surface area contributed by atoms with Crippen LogP contribution in [0.15, 0.2) is 22.7 Å². The molecule has 0 aromatic heterocycles. The number of rotatable bonds is 2. The predicted octanol–water partition coefficient (Wildman–Crippen LogP) is 2.22. The van der Waals surface area contributed by atoms with E-state index < -0.39 is 11.4 Å². The lowest BCUT2D eigenvalue weighted by Crippen LogP contribution is -2.65. The van der Waals surface area contributed by atoms with Crippen molar-refractivity contribution >= 4 is 33.4 Å². The van der Waals surface area contributed by atoms with Gasteiger partial charge in [0.25, 0.3) is 5.91 Å². The normalized spacial score (nSPS) is 23.5. The molecule has 1 unspecified atom stereocenters. The summed E-state index contributed by atoms with van der Waals surface area (Å²) in [5, 5.41) is 2.66. The Morgan fingerprint density at radius 3 is 2.79 bits per heavy atom. The monoisotopic (exact) mass is 328 g/mol. The molecule has 2 amide bonds. The maximum Gasteiger partial charge on any atom is 0.253 e. The summed E-state index contributed by atoms with van der Waals surface area (Å²) >= 11 is 3.24. The molecular weight excluding hydrogens is 315 g/mol. The molecule has 6 heteroatoms. The molecule has 1 aliphatic rings. The summed E-state index contributed by atoms with van der Waals surface area (Å²) in [7, 11) is 0. The van der Waals surface area contributed by atoms with Gasteiger partial charge in [0.2, 0.25) is 5.91 Å². The maximum absolute atomic E-state index is 13.9. The molecule has 1 fully saturated rings. The zero-order valence-electron chi connectivity index (χ0n) is 10.7. The van der Waals surface area contributed by atoms with E-state index in [1.807, 2.05) is 0 Å². The summed E-state index contributed by atoms with van der Waals surface area (Å²) in [5.41, 5.74) is -0.863. The van der Waals surface area contributed by atoms with E-state index >= 15 is 0 Å². The number of nitrogens with zero attached hydrogens (tertiary/aromatic N) is 1. The van der Waals surface area contributed by atoms with Gasteiger partial charge < -0.3 is 5.32 Å². The molecular formula is C13H14BrFN2O2. The highest BCUT2D eigenvalue weighted by molar-refractivity contribution is 9.10. The zero-order chi connectivity index (χ0) is 14.2. The third kappa shape index (κ3) is 2.49. The second-order valence-corrected chi connectivity index (χ2v) is 5.64. The van der Waals surface area contributed by atoms with Gasteiger partial charge in [-0.1, -0.05) is 22.9 Å². The molecule has 1 atom stereocenters. The fraction of sp³-hybridized carbons (Fsp3) is 0.385. The van der Waals surface area contributed by atoms with Crippen molar-refractivity contribution in [1.29, 1.82) is 0 Å². The van der Waals surface area contributed by atoms with Gasteiger partial charge in [-0.05, 0) is 31.5 Å². The van der Waals surface area contributed by atoms with Gasteiger partial charge in [-0.2, -0.15) is 0 Å². The first kappa shape index (κ1) is 14.0. The van der Waals surface area contributed by atoms with E-state index in [-0.39, 0.29) is 24.0 Å². The number of carbonyl (C=O) groups excluding carboxylic acids is 2. The number of halogens is 2. The van der Waals surface area contributed by atoms with E-state index in [9.17, 15) is 14.0 Å². The minimum atomic E-state index is -0.982. The molecule has 1 heterocycles. The van der Waals surface area contributed by atoms with Crippen LogP contribution in [-0.4, -0.2) is 23.9 Å². The number of hydrogen-bond acceptors (Lipinski definition) is 2. The van der Waals surface area contributed by atoms with E-state index in [0.717, 1.165) is 0 Å². The molecule has 0 radical (unpaired) electrons. The third-order valence-electron chi connectivity index (χ3n) is 3.34. The number of nitrogens with one attached hydrogen (secondary N) is 1. The van der Waals surface area contributed by atoms with Crippen LogP contribution in [0, 0.1) is 5.82 Å². The van der Waals surface area contributed by atoms with Crippen LogP contribution in [-0.2, 0) is 9.59 Å². The van der Waals surface area contributed by atoms with Crippen molar-refractivity contribution in [3.63, 3.8) is 0 Å². The topological polar surface area (TPSA) is 49.4 Å². The number of piperazine rings is 1. The Bertz CT molecular complexity index is 549. The number of hydrogen-bond donors (Lipinski definition) is 1. The minimum absolute atomic E-state index is 0.119. The van der Waals surface area contributed by atoms with Gasteiger partial charge in [-0.25, -0.2) is 4.39 Å². The van der Waals surface area contributed by atoms with Gasteiger partial charge in [-0.15, -0.1) is 0 Å². The molecule has 102 valence electrons. The largest absolute Gasteiger partial charge is 0.340 e. The second kappa shape index (κ2) is 4.92. The lowest BCUT2D eigenvalue weighted by atomic mass is 9.94. The van der Waals surface area contributed by atoms with Gasteiger partial charge in [0.15, 0.2) is 0 Å². The fourth-order valence-corrected chi connectivity index (χ4v) is 2.39. The molecule has 0 spiro atoms. The van der Waals surface area contributed by atoms with Crippen molar-refractivity contribution in [3.8, 4) is 0 Å². The molecule has 0 aliphatic carbocycles. The first-order valence-corrected chi connectivity index (χ1v) is 6.74. The number of anilines is 1. The van der Waals surface area contributed by atoms with Crippen LogP contribution in [0.4, 0.5) is 10.1 Å². The molecule has 1 aliphatic heterocycles. The molecule has 0 saturated carbocycles. The summed E-state index contributed by atoms with van der Waals surface area (Å²) in [6, 6.07) is 4.32. The van der Waals surface area contributed by atoms with Crippen molar-refractivity contribution in [2.45, 2.75) is 25.8 Å². The lowest BCUT2D eigenvalue weighted by Gasteiger charge is -2.39. The fourth-order valence-electron chi connectivity index (χ4n) is 2.04. The van der Waals surface area contributed by atoms with Crippen LogP contribution in [0.25, 0.3) is 0 Å². The Kier molecular flexibility index (Phi) is 3.62. The van der Waals surface area contributed by atoms with Crippen LogP contribution in [0.2, 0.25) is 0 Å². The van der Waals surface area contributed by atoms with E-state index in [2.05, 4.69) is 21.2 Å². The summed E-state index contributed by atoms with van der Waals surface area (Å²) in [6.07, 6.45) is 0.448. The zero-order valence-corrected chi connectivity index (χ0v) is 12.3. The Balaban J connectivity index is 2.46. The smallest absolute Gasteiger partial charge is 0.253 e. The molecule has 1 N–H and O–H groups in total. The highest BCUT2D eigenvalue weighted by Crippen LogP contribution is 2.28. The first-order chi connectivity index (χ1) is 8.87. The summed E-state index contributed by atoms with van der Waals surface area (Å²) in [5.74, 6) is -1.11. The maximum atomic E-state index is 13.9. The number of benzene rings is 1. The van der Waals surface area contributed by atoms with Crippen LogP contribution >= 0.6 is 15.9 Å². The van der Waals surface area contributed by atoms with Crippen LogP contribution in [0.3, 0.4) is 0 Å². The summed E-state index contributed by atoms with van der Waals surface area (Å²) in [6.45, 7) is 3.29. The predicted molar refractivity (Wildman–Crippen MR) is 73.3 cm³/mol. The van der Waals surface area contributed by atoms with Gasteiger partial charge in [-0.3, -0.25) is 14.5 Å². The van der Waals surface area contributed by atoms with Gasteiger partial charge >= 0.3 is 0 Å². The van der Waals surface area contributed by atoms with E-state index in [4.69, 9.17) is 0 Å². The average Bonchev–Trinajstić information content (AvgIpc) is 2.37. The summed E-state index contributed by atoms with van der Waals surface area (Å²) < 4.78 is 14.5. The standard InChI is InChI=1S/C13H14BrFN2O2/c1-3-13(2)12(19)17(7-11(18)16-13)10-6-8(14)4-5-9(10)15/h4-6H,3,7H2,1-2H3,(H,16,18). The van der Waals surface area contributed by atoms with Crippen molar-refractivity contribution in [3.05, 3.63) is 28.5 Å². The Morgan fingerprint density at radius 1 is 1.47 bits per heavy atom. The lowest BCUT2D eigenvalue weighted by molar-refractivity contribution is -0.135. The van der Waals surface area contributed by atoms with Crippen molar-refractivity contribution in [1.82, 2.24) is 5.32 Å². The van der Waals surface area contributed by atoms with Crippen LogP contribution < -0.4 is 10.2 Å². The van der Waals surface area contributed by atoms with E-state index in [0.29, 0.717) is 10.9 Å². The quantitative estimate of drug-likeness (QED) is 0.905. The molecule has 1 aromatic carbocycles. The molecule has 1 saturated heterocycles. The molecule has 0 bridgehead atoms. The third-order valence-corrected chi connectivity index (χ3v) is 3.83. The number of carbonyl (C=O) groups is 2. The number of amides is 2. The summed E-state index contributed by atoms with van der Waals surface area (Å²) in [4.78, 5) is 25.3. The van der Waals surface area contributed by atoms with E-state index in [1.54, 1.807) is 19.9 Å². The highest BCUT2D eigenvalue weighted by atomic mass is 79.9. The van der Waals surface area contributed by atoms with Crippen molar-refractivity contribution in [2.24, 2.45) is 0 Å². The van der Waals surface area contributed by atoms with E-state index in [1.165, 1.54) is 17.0 Å². The Labute approximate surface area is 119 Å². The molecule has 4 nitrogen and oxygen atoms in total. The molecule has 2 rings (SSSR count). The van der Waals surface area contributed by atoms with Crippen molar-refractivity contribution < 1.29 is 14.0 Å². The minimum Gasteiger partial charge on any atom is -0.340 e.